The lowest BCUT2D eigenvalue weighted by molar-refractivity contribution is -0.167. The molecule has 4 saturated carbocycles. The number of hydrogen-bond donors (Lipinski definition) is 2. The number of rotatable bonds is 4. The van der Waals surface area contributed by atoms with E-state index in [1.54, 1.807) is 11.8 Å². The van der Waals surface area contributed by atoms with Crippen LogP contribution in [-0.2, 0) is 4.79 Å². The SMILES string of the molecule is CSc1ccc(NC(=O)CC23C[C@@H]4C[C@@H](CC(O)(C4)C2)C3)cc1. The molecule has 4 aliphatic carbocycles. The second-order valence-corrected chi connectivity index (χ2v) is 9.02. The molecule has 0 heterocycles. The summed E-state index contributed by atoms with van der Waals surface area (Å²) >= 11 is 1.70. The summed E-state index contributed by atoms with van der Waals surface area (Å²) in [6.07, 6.45) is 8.88. The molecule has 1 amide bonds. The average Bonchev–Trinajstić information content (AvgIpc) is 2.44. The molecule has 3 nitrogen and oxygen atoms in total. The molecule has 1 aromatic carbocycles. The number of amides is 1. The minimum atomic E-state index is -0.482. The molecule has 124 valence electrons. The van der Waals surface area contributed by atoms with E-state index >= 15 is 0 Å². The fourth-order valence-electron chi connectivity index (χ4n) is 5.83. The molecule has 0 saturated heterocycles. The van der Waals surface area contributed by atoms with Crippen molar-refractivity contribution in [2.24, 2.45) is 17.3 Å². The normalized spacial score (nSPS) is 37.8. The molecule has 4 aliphatic rings. The summed E-state index contributed by atoms with van der Waals surface area (Å²) in [5, 5.41) is 13.8. The molecule has 4 atom stereocenters. The highest BCUT2D eigenvalue weighted by molar-refractivity contribution is 7.98. The summed E-state index contributed by atoms with van der Waals surface area (Å²) in [7, 11) is 0. The van der Waals surface area contributed by atoms with Crippen molar-refractivity contribution in [1.29, 1.82) is 0 Å². The van der Waals surface area contributed by atoms with Crippen molar-refractivity contribution in [1.82, 2.24) is 0 Å². The summed E-state index contributed by atoms with van der Waals surface area (Å²) in [5.74, 6) is 1.37. The molecule has 0 aliphatic heterocycles. The van der Waals surface area contributed by atoms with Gasteiger partial charge in [-0.1, -0.05) is 0 Å². The van der Waals surface area contributed by atoms with Crippen LogP contribution < -0.4 is 5.32 Å². The fraction of sp³-hybridized carbons (Fsp3) is 0.632. The van der Waals surface area contributed by atoms with Crippen molar-refractivity contribution < 1.29 is 9.90 Å². The van der Waals surface area contributed by atoms with Gasteiger partial charge in [-0.15, -0.1) is 11.8 Å². The van der Waals surface area contributed by atoms with Gasteiger partial charge in [0.05, 0.1) is 5.60 Å². The summed E-state index contributed by atoms with van der Waals surface area (Å²) in [6.45, 7) is 0. The molecule has 0 spiro atoms. The predicted molar refractivity (Wildman–Crippen MR) is 93.5 cm³/mol. The van der Waals surface area contributed by atoms with Gasteiger partial charge in [0.15, 0.2) is 0 Å². The largest absolute Gasteiger partial charge is 0.390 e. The lowest BCUT2D eigenvalue weighted by atomic mass is 9.47. The van der Waals surface area contributed by atoms with Crippen LogP contribution in [0.4, 0.5) is 5.69 Å². The van der Waals surface area contributed by atoms with Crippen molar-refractivity contribution in [3.05, 3.63) is 24.3 Å². The van der Waals surface area contributed by atoms with E-state index in [1.807, 2.05) is 30.5 Å². The van der Waals surface area contributed by atoms with Gasteiger partial charge in [0, 0.05) is 17.0 Å². The van der Waals surface area contributed by atoms with Crippen LogP contribution in [0.5, 0.6) is 0 Å². The zero-order valence-corrected chi connectivity index (χ0v) is 14.5. The van der Waals surface area contributed by atoms with Crippen LogP contribution in [0.1, 0.15) is 44.9 Å². The monoisotopic (exact) mass is 331 g/mol. The standard InChI is InChI=1S/C19H25NO2S/c1-23-16-4-2-15(3-5-16)20-17(21)11-18-7-13-6-14(8-18)10-19(22,9-13)12-18/h2-5,13-14,22H,6-12H2,1H3,(H,20,21)/t13-,14+,18?,19?. The number of aliphatic hydroxyl groups is 1. The number of nitrogens with one attached hydrogen (secondary N) is 1. The molecule has 1 aromatic rings. The third-order valence-corrected chi connectivity index (χ3v) is 6.80. The molecule has 4 fully saturated rings. The molecule has 2 N–H and O–H groups in total. The Morgan fingerprint density at radius 2 is 1.87 bits per heavy atom. The van der Waals surface area contributed by atoms with Crippen molar-refractivity contribution in [3.8, 4) is 0 Å². The molecule has 4 heteroatoms. The van der Waals surface area contributed by atoms with E-state index < -0.39 is 5.60 Å². The smallest absolute Gasteiger partial charge is 0.224 e. The lowest BCUT2D eigenvalue weighted by Gasteiger charge is -2.60. The fourth-order valence-corrected chi connectivity index (χ4v) is 6.24. The first-order valence-corrected chi connectivity index (χ1v) is 9.86. The van der Waals surface area contributed by atoms with Crippen molar-refractivity contribution in [2.75, 3.05) is 11.6 Å². The number of carbonyl (C=O) groups is 1. The number of thioether (sulfide) groups is 1. The Bertz CT molecular complexity index is 598. The van der Waals surface area contributed by atoms with Crippen LogP contribution in [0, 0.1) is 17.3 Å². The van der Waals surface area contributed by atoms with Gasteiger partial charge < -0.3 is 10.4 Å². The van der Waals surface area contributed by atoms with Gasteiger partial charge in [-0.05, 0) is 86.3 Å². The minimum Gasteiger partial charge on any atom is -0.390 e. The summed E-state index contributed by atoms with van der Waals surface area (Å²) < 4.78 is 0. The van der Waals surface area contributed by atoms with Crippen LogP contribution in [0.25, 0.3) is 0 Å². The molecular formula is C19H25NO2S. The molecule has 0 aromatic heterocycles. The van der Waals surface area contributed by atoms with Gasteiger partial charge in [-0.3, -0.25) is 4.79 Å². The van der Waals surface area contributed by atoms with Gasteiger partial charge in [0.25, 0.3) is 0 Å². The van der Waals surface area contributed by atoms with Crippen LogP contribution in [0.15, 0.2) is 29.2 Å². The van der Waals surface area contributed by atoms with Crippen LogP contribution in [0.3, 0.4) is 0 Å². The van der Waals surface area contributed by atoms with Crippen molar-refractivity contribution >= 4 is 23.4 Å². The highest BCUT2D eigenvalue weighted by Crippen LogP contribution is 2.62. The molecular weight excluding hydrogens is 306 g/mol. The van der Waals surface area contributed by atoms with E-state index in [-0.39, 0.29) is 11.3 Å². The summed E-state index contributed by atoms with van der Waals surface area (Å²) in [4.78, 5) is 13.8. The molecule has 0 radical (unpaired) electrons. The zero-order chi connectivity index (χ0) is 16.1. The Kier molecular flexibility index (Phi) is 3.73. The molecule has 2 unspecified atom stereocenters. The first-order valence-electron chi connectivity index (χ1n) is 8.64. The van der Waals surface area contributed by atoms with E-state index in [2.05, 4.69) is 5.32 Å². The predicted octanol–water partition coefficient (Wildman–Crippen LogP) is 4.07. The lowest BCUT2D eigenvalue weighted by Crippen LogP contribution is -2.56. The molecule has 23 heavy (non-hydrogen) atoms. The third kappa shape index (κ3) is 3.03. The number of benzene rings is 1. The first kappa shape index (κ1) is 15.5. The summed E-state index contributed by atoms with van der Waals surface area (Å²) in [5.41, 5.74) is 0.434. The van der Waals surface area contributed by atoms with E-state index in [0.29, 0.717) is 18.3 Å². The average molecular weight is 331 g/mol. The van der Waals surface area contributed by atoms with E-state index in [4.69, 9.17) is 0 Å². The topological polar surface area (TPSA) is 49.3 Å². The Balaban J connectivity index is 1.44. The maximum Gasteiger partial charge on any atom is 0.224 e. The van der Waals surface area contributed by atoms with E-state index in [1.165, 1.54) is 11.3 Å². The van der Waals surface area contributed by atoms with Crippen molar-refractivity contribution in [2.45, 2.75) is 55.4 Å². The summed E-state index contributed by atoms with van der Waals surface area (Å²) in [6, 6.07) is 8.01. The van der Waals surface area contributed by atoms with Gasteiger partial charge in [0.1, 0.15) is 0 Å². The van der Waals surface area contributed by atoms with Gasteiger partial charge >= 0.3 is 0 Å². The van der Waals surface area contributed by atoms with Crippen LogP contribution in [0.2, 0.25) is 0 Å². The second kappa shape index (κ2) is 5.52. The van der Waals surface area contributed by atoms with Crippen molar-refractivity contribution in [3.63, 3.8) is 0 Å². The maximum absolute atomic E-state index is 12.6. The van der Waals surface area contributed by atoms with E-state index in [0.717, 1.165) is 37.8 Å². The number of carbonyl (C=O) groups excluding carboxylic acids is 1. The van der Waals surface area contributed by atoms with Crippen LogP contribution in [-0.4, -0.2) is 22.9 Å². The third-order valence-electron chi connectivity index (χ3n) is 6.06. The van der Waals surface area contributed by atoms with E-state index in [9.17, 15) is 9.90 Å². The highest BCUT2D eigenvalue weighted by Gasteiger charge is 2.57. The quantitative estimate of drug-likeness (QED) is 0.818. The van der Waals surface area contributed by atoms with Gasteiger partial charge in [-0.25, -0.2) is 0 Å². The highest BCUT2D eigenvalue weighted by atomic mass is 32.2. The number of anilines is 1. The number of hydrogen-bond acceptors (Lipinski definition) is 3. The zero-order valence-electron chi connectivity index (χ0n) is 13.7. The maximum atomic E-state index is 12.6. The Morgan fingerprint density at radius 3 is 2.43 bits per heavy atom. The van der Waals surface area contributed by atoms with Gasteiger partial charge in [-0.2, -0.15) is 0 Å². The Hall–Kier alpha value is -1.00. The first-order chi connectivity index (χ1) is 11.0. The minimum absolute atomic E-state index is 0.0438. The second-order valence-electron chi connectivity index (χ2n) is 8.14. The van der Waals surface area contributed by atoms with Crippen LogP contribution >= 0.6 is 11.8 Å². The Labute approximate surface area is 142 Å². The Morgan fingerprint density at radius 1 is 1.22 bits per heavy atom. The van der Waals surface area contributed by atoms with Gasteiger partial charge in [0.2, 0.25) is 5.91 Å². The molecule has 5 rings (SSSR count). The molecule has 4 bridgehead atoms.